The van der Waals surface area contributed by atoms with Gasteiger partial charge in [-0.2, -0.15) is 0 Å². The third kappa shape index (κ3) is 7.85. The number of rotatable bonds is 11. The summed E-state index contributed by atoms with van der Waals surface area (Å²) in [4.78, 5) is 17.3. The maximum Gasteiger partial charge on any atom is 0.262 e. The molecule has 0 spiro atoms. The van der Waals surface area contributed by atoms with E-state index in [-0.39, 0.29) is 40.3 Å². The average molecular weight is 648 g/mol. The van der Waals surface area contributed by atoms with Crippen molar-refractivity contribution in [1.29, 1.82) is 0 Å². The van der Waals surface area contributed by atoms with E-state index in [0.29, 0.717) is 19.6 Å². The largest absolute Gasteiger partial charge is 0.486 e. The number of aliphatic hydroxyl groups is 1. The summed E-state index contributed by atoms with van der Waals surface area (Å²) < 4.78 is 55.0. The summed E-state index contributed by atoms with van der Waals surface area (Å²) in [6, 6.07) is 26.1. The highest BCUT2D eigenvalue weighted by atomic mass is 32.2. The number of ether oxygens (including phenoxy) is 2. The highest BCUT2D eigenvalue weighted by Gasteiger charge is 2.35. The minimum Gasteiger partial charge on any atom is -0.486 e. The van der Waals surface area contributed by atoms with Gasteiger partial charge in [0.1, 0.15) is 23.4 Å². The van der Waals surface area contributed by atoms with E-state index in [0.717, 1.165) is 29.2 Å². The van der Waals surface area contributed by atoms with Gasteiger partial charge in [0, 0.05) is 25.6 Å². The Balaban J connectivity index is 1.39. The fourth-order valence-corrected chi connectivity index (χ4v) is 6.39. The SMILES string of the molecule is C[C@@H]1CN([C@@H](C)CO)C(=O)c2cccc(NS(=O)(=O)c3ccc(F)cc3)c2O[C@H]1CN(C)Cc1ccc(Oc2ccccc2)cc1. The molecule has 0 bridgehead atoms. The lowest BCUT2D eigenvalue weighted by Crippen LogP contribution is -2.49. The number of fused-ring (bicyclic) bond motifs is 1. The molecule has 0 saturated carbocycles. The Labute approximate surface area is 269 Å². The molecule has 0 radical (unpaired) electrons. The number of amides is 1. The minimum absolute atomic E-state index is 0.0857. The molecule has 9 nitrogen and oxygen atoms in total. The molecular weight excluding hydrogens is 609 g/mol. The van der Waals surface area contributed by atoms with Crippen LogP contribution in [0.15, 0.2) is 102 Å². The number of sulfonamides is 1. The molecule has 4 aromatic rings. The van der Waals surface area contributed by atoms with E-state index >= 15 is 0 Å². The third-order valence-corrected chi connectivity index (χ3v) is 9.29. The van der Waals surface area contributed by atoms with E-state index < -0.39 is 28.0 Å². The highest BCUT2D eigenvalue weighted by Crippen LogP contribution is 2.36. The fourth-order valence-electron chi connectivity index (χ4n) is 5.33. The molecule has 242 valence electrons. The molecule has 1 aliphatic heterocycles. The van der Waals surface area contributed by atoms with Gasteiger partial charge in [-0.15, -0.1) is 0 Å². The Morgan fingerprint density at radius 1 is 1.00 bits per heavy atom. The van der Waals surface area contributed by atoms with E-state index in [4.69, 9.17) is 9.47 Å². The number of hydrogen-bond donors (Lipinski definition) is 2. The lowest BCUT2D eigenvalue weighted by atomic mass is 9.99. The summed E-state index contributed by atoms with van der Waals surface area (Å²) in [5.74, 6) is 0.455. The maximum absolute atomic E-state index is 13.8. The Morgan fingerprint density at radius 3 is 2.35 bits per heavy atom. The standard InChI is InChI=1S/C35H38FN3O6S/c1-24-20-39(25(2)23-40)35(41)31-10-7-11-32(37-46(42,43)30-18-14-27(36)15-19-30)34(31)45-33(24)22-38(3)21-26-12-16-29(17-13-26)44-28-8-5-4-6-9-28/h4-19,24-25,33,37,40H,20-23H2,1-3H3/t24-,25+,33+/m1/s1. The van der Waals surface area contributed by atoms with Gasteiger partial charge < -0.3 is 19.5 Å². The first-order chi connectivity index (χ1) is 22.0. The first-order valence-electron chi connectivity index (χ1n) is 15.0. The zero-order valence-corrected chi connectivity index (χ0v) is 26.8. The number of likely N-dealkylation sites (N-methyl/N-ethyl adjacent to an activating group) is 1. The summed E-state index contributed by atoms with van der Waals surface area (Å²) in [7, 11) is -2.17. The Bertz CT molecular complexity index is 1740. The van der Waals surface area contributed by atoms with Gasteiger partial charge >= 0.3 is 0 Å². The zero-order chi connectivity index (χ0) is 32.8. The zero-order valence-electron chi connectivity index (χ0n) is 26.0. The van der Waals surface area contributed by atoms with Gasteiger partial charge in [-0.25, -0.2) is 12.8 Å². The monoisotopic (exact) mass is 647 g/mol. The van der Waals surface area contributed by atoms with Gasteiger partial charge in [0.05, 0.1) is 28.8 Å². The van der Waals surface area contributed by atoms with Gasteiger partial charge in [-0.05, 0) is 80.2 Å². The molecule has 4 aromatic carbocycles. The molecular formula is C35H38FN3O6S. The van der Waals surface area contributed by atoms with Gasteiger partial charge in [0.15, 0.2) is 5.75 Å². The number of nitrogens with one attached hydrogen (secondary N) is 1. The van der Waals surface area contributed by atoms with E-state index in [1.54, 1.807) is 24.0 Å². The van der Waals surface area contributed by atoms with E-state index in [1.807, 2.05) is 68.6 Å². The summed E-state index contributed by atoms with van der Waals surface area (Å²) in [6.07, 6.45) is -0.456. The number of carbonyl (C=O) groups is 1. The number of hydrogen-bond acceptors (Lipinski definition) is 7. The smallest absolute Gasteiger partial charge is 0.262 e. The van der Waals surface area contributed by atoms with Crippen molar-refractivity contribution in [2.45, 2.75) is 37.4 Å². The second kappa shape index (κ2) is 14.3. The molecule has 1 aliphatic rings. The minimum atomic E-state index is -4.14. The molecule has 0 unspecified atom stereocenters. The van der Waals surface area contributed by atoms with Crippen LogP contribution in [0.1, 0.15) is 29.8 Å². The molecule has 5 rings (SSSR count). The van der Waals surface area contributed by atoms with Crippen LogP contribution in [0.3, 0.4) is 0 Å². The topological polar surface area (TPSA) is 108 Å². The van der Waals surface area contributed by atoms with Crippen LogP contribution in [0.25, 0.3) is 0 Å². The normalized spacial score (nSPS) is 17.4. The predicted octanol–water partition coefficient (Wildman–Crippen LogP) is 5.77. The lowest BCUT2D eigenvalue weighted by molar-refractivity contribution is 0.0344. The number of para-hydroxylation sites is 2. The number of nitrogens with zero attached hydrogens (tertiary/aromatic N) is 2. The molecule has 0 aromatic heterocycles. The first-order valence-corrected chi connectivity index (χ1v) is 16.5. The molecule has 0 fully saturated rings. The van der Waals surface area contributed by atoms with Gasteiger partial charge in [0.2, 0.25) is 0 Å². The van der Waals surface area contributed by atoms with Crippen molar-refractivity contribution in [2.24, 2.45) is 5.92 Å². The number of benzene rings is 4. The van der Waals surface area contributed by atoms with Crippen LogP contribution in [-0.4, -0.2) is 68.1 Å². The molecule has 1 heterocycles. The molecule has 3 atom stereocenters. The van der Waals surface area contributed by atoms with Crippen molar-refractivity contribution in [3.8, 4) is 17.2 Å². The molecule has 2 N–H and O–H groups in total. The van der Waals surface area contributed by atoms with Gasteiger partial charge in [-0.1, -0.05) is 43.3 Å². The van der Waals surface area contributed by atoms with Crippen molar-refractivity contribution >= 4 is 21.6 Å². The van der Waals surface area contributed by atoms with E-state index in [2.05, 4.69) is 9.62 Å². The van der Waals surface area contributed by atoms with Gasteiger partial charge in [0.25, 0.3) is 15.9 Å². The number of aliphatic hydroxyl groups excluding tert-OH is 1. The molecule has 11 heteroatoms. The van der Waals surface area contributed by atoms with E-state index in [9.17, 15) is 22.7 Å². The number of halogens is 1. The van der Waals surface area contributed by atoms with Crippen LogP contribution in [-0.2, 0) is 16.6 Å². The second-order valence-electron chi connectivity index (χ2n) is 11.6. The predicted molar refractivity (Wildman–Crippen MR) is 174 cm³/mol. The summed E-state index contributed by atoms with van der Waals surface area (Å²) in [6.45, 7) is 4.88. The molecule has 46 heavy (non-hydrogen) atoms. The van der Waals surface area contributed by atoms with E-state index in [1.165, 1.54) is 18.2 Å². The van der Waals surface area contributed by atoms with Gasteiger partial charge in [-0.3, -0.25) is 14.4 Å². The average Bonchev–Trinajstić information content (AvgIpc) is 3.04. The summed E-state index contributed by atoms with van der Waals surface area (Å²) in [5.41, 5.74) is 1.32. The van der Waals surface area contributed by atoms with Crippen molar-refractivity contribution in [3.63, 3.8) is 0 Å². The van der Waals surface area contributed by atoms with Crippen LogP contribution < -0.4 is 14.2 Å². The second-order valence-corrected chi connectivity index (χ2v) is 13.3. The van der Waals surface area contributed by atoms with Crippen molar-refractivity contribution < 1.29 is 32.2 Å². The van der Waals surface area contributed by atoms with Crippen molar-refractivity contribution in [3.05, 3.63) is 114 Å². The third-order valence-electron chi connectivity index (χ3n) is 7.91. The highest BCUT2D eigenvalue weighted by molar-refractivity contribution is 7.92. The maximum atomic E-state index is 13.8. The van der Waals surface area contributed by atoms with Crippen LogP contribution in [0.4, 0.5) is 10.1 Å². The fraction of sp³-hybridized carbons (Fsp3) is 0.286. The molecule has 0 aliphatic carbocycles. The Hall–Kier alpha value is -4.45. The Kier molecular flexibility index (Phi) is 10.3. The summed E-state index contributed by atoms with van der Waals surface area (Å²) >= 11 is 0. The number of anilines is 1. The van der Waals surface area contributed by atoms with Crippen molar-refractivity contribution in [2.75, 3.05) is 31.5 Å². The van der Waals surface area contributed by atoms with Crippen molar-refractivity contribution in [1.82, 2.24) is 9.80 Å². The lowest BCUT2D eigenvalue weighted by Gasteiger charge is -2.38. The molecule has 1 amide bonds. The molecule has 0 saturated heterocycles. The quantitative estimate of drug-likeness (QED) is 0.213. The van der Waals surface area contributed by atoms with Crippen LogP contribution in [0.5, 0.6) is 17.2 Å². The summed E-state index contributed by atoms with van der Waals surface area (Å²) in [5, 5.41) is 9.97. The number of carbonyl (C=O) groups excluding carboxylic acids is 1. The first kappa shape index (κ1) is 32.9. The van der Waals surface area contributed by atoms with Crippen LogP contribution in [0.2, 0.25) is 0 Å². The van der Waals surface area contributed by atoms with Crippen LogP contribution >= 0.6 is 0 Å². The van der Waals surface area contributed by atoms with Crippen LogP contribution in [0, 0.1) is 11.7 Å². The Morgan fingerprint density at radius 2 is 1.67 bits per heavy atom.